The summed E-state index contributed by atoms with van der Waals surface area (Å²) in [5.41, 5.74) is 1.13. The van der Waals surface area contributed by atoms with Gasteiger partial charge in [-0.1, -0.05) is 23.7 Å². The molecule has 0 heterocycles. The molecular formula is C14H18ClF2N. The van der Waals surface area contributed by atoms with Crippen LogP contribution in [0.3, 0.4) is 0 Å². The number of hydrogen-bond donors (Lipinski definition) is 1. The number of nitrogens with one attached hydrogen (secondary N) is 1. The van der Waals surface area contributed by atoms with Gasteiger partial charge in [0, 0.05) is 23.9 Å². The van der Waals surface area contributed by atoms with Crippen molar-refractivity contribution in [2.75, 3.05) is 6.54 Å². The highest BCUT2D eigenvalue weighted by Crippen LogP contribution is 2.38. The molecule has 100 valence electrons. The molecule has 1 aliphatic carbocycles. The Morgan fingerprint density at radius 3 is 2.61 bits per heavy atom. The van der Waals surface area contributed by atoms with Gasteiger partial charge in [0.25, 0.3) is 0 Å². The zero-order chi connectivity index (χ0) is 13.2. The first-order chi connectivity index (χ1) is 8.46. The van der Waals surface area contributed by atoms with Crippen LogP contribution >= 0.6 is 11.6 Å². The molecule has 1 nitrogen and oxygen atoms in total. The van der Waals surface area contributed by atoms with Gasteiger partial charge in [0.1, 0.15) is 0 Å². The van der Waals surface area contributed by atoms with Crippen molar-refractivity contribution in [2.45, 2.75) is 38.2 Å². The average Bonchev–Trinajstić information content (AvgIpc) is 2.67. The number of rotatable bonds is 4. The van der Waals surface area contributed by atoms with Crippen molar-refractivity contribution in [3.8, 4) is 0 Å². The topological polar surface area (TPSA) is 12.0 Å². The average molecular weight is 274 g/mol. The van der Waals surface area contributed by atoms with Gasteiger partial charge in [0.05, 0.1) is 0 Å². The predicted octanol–water partition coefficient (Wildman–Crippen LogP) is 4.43. The quantitative estimate of drug-likeness (QED) is 0.856. The molecule has 0 amide bonds. The van der Waals surface area contributed by atoms with Crippen molar-refractivity contribution < 1.29 is 8.78 Å². The van der Waals surface area contributed by atoms with Crippen LogP contribution in [-0.4, -0.2) is 12.5 Å². The highest BCUT2D eigenvalue weighted by molar-refractivity contribution is 6.30. The first-order valence-corrected chi connectivity index (χ1v) is 6.71. The van der Waals surface area contributed by atoms with E-state index in [9.17, 15) is 8.78 Å². The fraction of sp³-hybridized carbons (Fsp3) is 0.571. The van der Waals surface area contributed by atoms with E-state index in [1.807, 2.05) is 31.2 Å². The van der Waals surface area contributed by atoms with E-state index in [2.05, 4.69) is 5.32 Å². The van der Waals surface area contributed by atoms with Crippen LogP contribution in [0.15, 0.2) is 24.3 Å². The molecule has 0 bridgehead atoms. The molecule has 1 aromatic rings. The molecule has 1 unspecified atom stereocenters. The second kappa shape index (κ2) is 5.54. The van der Waals surface area contributed by atoms with E-state index >= 15 is 0 Å². The smallest absolute Gasteiger partial charge is 0.248 e. The van der Waals surface area contributed by atoms with Crippen LogP contribution in [0.4, 0.5) is 8.78 Å². The first kappa shape index (κ1) is 13.8. The molecule has 1 aliphatic rings. The molecule has 2 atom stereocenters. The largest absolute Gasteiger partial charge is 0.310 e. The van der Waals surface area contributed by atoms with Crippen molar-refractivity contribution in [1.82, 2.24) is 5.32 Å². The SMILES string of the molecule is C[C@H](NCC1CCC(F)(F)C1)c1ccc(Cl)cc1. The van der Waals surface area contributed by atoms with E-state index in [1.165, 1.54) is 0 Å². The highest BCUT2D eigenvalue weighted by atomic mass is 35.5. The van der Waals surface area contributed by atoms with Crippen LogP contribution in [0.2, 0.25) is 5.02 Å². The molecule has 0 aliphatic heterocycles. The van der Waals surface area contributed by atoms with Crippen molar-refractivity contribution in [1.29, 1.82) is 0 Å². The minimum Gasteiger partial charge on any atom is -0.310 e. The van der Waals surface area contributed by atoms with Gasteiger partial charge in [0.15, 0.2) is 0 Å². The van der Waals surface area contributed by atoms with Gasteiger partial charge in [-0.25, -0.2) is 8.78 Å². The number of halogens is 3. The van der Waals surface area contributed by atoms with E-state index in [4.69, 9.17) is 11.6 Å². The van der Waals surface area contributed by atoms with Crippen LogP contribution in [0.1, 0.15) is 37.8 Å². The summed E-state index contributed by atoms with van der Waals surface area (Å²) < 4.78 is 26.1. The maximum Gasteiger partial charge on any atom is 0.248 e. The molecule has 1 fully saturated rings. The minimum atomic E-state index is -2.45. The van der Waals surface area contributed by atoms with Crippen molar-refractivity contribution in [2.24, 2.45) is 5.92 Å². The van der Waals surface area contributed by atoms with Gasteiger partial charge in [-0.3, -0.25) is 0 Å². The third-order valence-electron chi connectivity index (χ3n) is 3.59. The third-order valence-corrected chi connectivity index (χ3v) is 3.84. The van der Waals surface area contributed by atoms with Gasteiger partial charge < -0.3 is 5.32 Å². The van der Waals surface area contributed by atoms with E-state index in [-0.39, 0.29) is 24.8 Å². The normalized spacial score (nSPS) is 24.1. The lowest BCUT2D eigenvalue weighted by molar-refractivity contribution is 0.00500. The summed E-state index contributed by atoms with van der Waals surface area (Å²) in [6.45, 7) is 2.69. The molecule has 18 heavy (non-hydrogen) atoms. The van der Waals surface area contributed by atoms with Crippen LogP contribution in [0.5, 0.6) is 0 Å². The Bertz CT molecular complexity index is 391. The van der Waals surface area contributed by atoms with Gasteiger partial charge in [-0.15, -0.1) is 0 Å². The van der Waals surface area contributed by atoms with Gasteiger partial charge in [-0.05, 0) is 43.5 Å². The number of alkyl halides is 2. The predicted molar refractivity (Wildman–Crippen MR) is 70.2 cm³/mol. The maximum absolute atomic E-state index is 13.0. The van der Waals surface area contributed by atoms with Crippen LogP contribution in [-0.2, 0) is 0 Å². The number of hydrogen-bond acceptors (Lipinski definition) is 1. The summed E-state index contributed by atoms with van der Waals surface area (Å²) in [4.78, 5) is 0. The Hall–Kier alpha value is -0.670. The molecule has 0 saturated heterocycles. The van der Waals surface area contributed by atoms with Gasteiger partial charge in [-0.2, -0.15) is 0 Å². The van der Waals surface area contributed by atoms with Crippen LogP contribution in [0.25, 0.3) is 0 Å². The lowest BCUT2D eigenvalue weighted by atomic mass is 10.1. The van der Waals surface area contributed by atoms with Crippen LogP contribution < -0.4 is 5.32 Å². The summed E-state index contributed by atoms with van der Waals surface area (Å²) in [7, 11) is 0. The summed E-state index contributed by atoms with van der Waals surface area (Å²) >= 11 is 5.82. The first-order valence-electron chi connectivity index (χ1n) is 6.33. The lowest BCUT2D eigenvalue weighted by Gasteiger charge is -2.17. The van der Waals surface area contributed by atoms with Gasteiger partial charge in [0.2, 0.25) is 5.92 Å². The minimum absolute atomic E-state index is 0.0212. The monoisotopic (exact) mass is 273 g/mol. The molecule has 4 heteroatoms. The van der Waals surface area contributed by atoms with Crippen molar-refractivity contribution in [3.63, 3.8) is 0 Å². The zero-order valence-corrected chi connectivity index (χ0v) is 11.2. The third kappa shape index (κ3) is 3.66. The Labute approximate surface area is 112 Å². The maximum atomic E-state index is 13.0. The molecular weight excluding hydrogens is 256 g/mol. The standard InChI is InChI=1S/C14H18ClF2N/c1-10(12-2-4-13(15)5-3-12)18-9-11-6-7-14(16,17)8-11/h2-5,10-11,18H,6-9H2,1H3/t10-,11?/m0/s1. The second-order valence-electron chi connectivity index (χ2n) is 5.15. The van der Waals surface area contributed by atoms with E-state index in [1.54, 1.807) is 0 Å². The Balaban J connectivity index is 1.82. The second-order valence-corrected chi connectivity index (χ2v) is 5.58. The molecule has 1 aromatic carbocycles. The Morgan fingerprint density at radius 1 is 1.39 bits per heavy atom. The summed E-state index contributed by atoms with van der Waals surface area (Å²) in [5, 5.41) is 4.03. The summed E-state index contributed by atoms with van der Waals surface area (Å²) in [6.07, 6.45) is 0.676. The summed E-state index contributed by atoms with van der Waals surface area (Å²) in [6, 6.07) is 7.78. The fourth-order valence-corrected chi connectivity index (χ4v) is 2.55. The Kier molecular flexibility index (Phi) is 4.23. The van der Waals surface area contributed by atoms with E-state index < -0.39 is 5.92 Å². The van der Waals surface area contributed by atoms with Crippen molar-refractivity contribution >= 4 is 11.6 Å². The highest BCUT2D eigenvalue weighted by Gasteiger charge is 2.39. The molecule has 0 spiro atoms. The zero-order valence-electron chi connectivity index (χ0n) is 10.4. The number of benzene rings is 1. The molecule has 0 radical (unpaired) electrons. The van der Waals surface area contributed by atoms with Crippen molar-refractivity contribution in [3.05, 3.63) is 34.9 Å². The molecule has 1 saturated carbocycles. The summed E-state index contributed by atoms with van der Waals surface area (Å²) in [5.74, 6) is -2.36. The molecule has 1 N–H and O–H groups in total. The van der Waals surface area contributed by atoms with E-state index in [0.717, 1.165) is 5.56 Å². The van der Waals surface area contributed by atoms with Crippen LogP contribution in [0, 0.1) is 5.92 Å². The fourth-order valence-electron chi connectivity index (χ4n) is 2.43. The van der Waals surface area contributed by atoms with E-state index in [0.29, 0.717) is 18.0 Å². The van der Waals surface area contributed by atoms with Gasteiger partial charge >= 0.3 is 0 Å². The Morgan fingerprint density at radius 2 is 2.06 bits per heavy atom. The molecule has 2 rings (SSSR count). The molecule has 0 aromatic heterocycles. The lowest BCUT2D eigenvalue weighted by Crippen LogP contribution is -2.25.